The van der Waals surface area contributed by atoms with Crippen molar-refractivity contribution < 1.29 is 66.6 Å². The van der Waals surface area contributed by atoms with E-state index in [9.17, 15) is 38.4 Å². The van der Waals surface area contributed by atoms with E-state index in [1.54, 1.807) is 55.6 Å². The van der Waals surface area contributed by atoms with Crippen LogP contribution in [0.3, 0.4) is 0 Å². The van der Waals surface area contributed by atoms with Crippen molar-refractivity contribution in [3.63, 3.8) is 0 Å². The number of oxazole rings is 1. The lowest BCUT2D eigenvalue weighted by Gasteiger charge is -2.49. The fourth-order valence-corrected chi connectivity index (χ4v) is 8.97. The van der Waals surface area contributed by atoms with E-state index < -0.39 is 111 Å². The zero-order valence-electron chi connectivity index (χ0n) is 36.4. The summed E-state index contributed by atoms with van der Waals surface area (Å²) < 4.78 is 28.3. The first-order valence-electron chi connectivity index (χ1n) is 20.1. The number of tetrazole rings is 1. The molecule has 0 unspecified atom stereocenters. The van der Waals surface area contributed by atoms with Crippen LogP contribution in [-0.4, -0.2) is 112 Å². The van der Waals surface area contributed by atoms with Crippen molar-refractivity contribution in [2.24, 2.45) is 12.2 Å². The van der Waals surface area contributed by atoms with Gasteiger partial charge in [-0.25, -0.2) is 14.3 Å². The Bertz CT molecular complexity index is 2830. The third kappa shape index (κ3) is 11.6. The predicted molar refractivity (Wildman–Crippen MR) is 241 cm³/mol. The third-order valence-electron chi connectivity index (χ3n) is 9.47. The quantitative estimate of drug-likeness (QED) is 0.0197. The lowest BCUT2D eigenvalue weighted by Crippen LogP contribution is -2.71. The minimum atomic E-state index is -1.34. The van der Waals surface area contributed by atoms with E-state index in [-0.39, 0.29) is 17.2 Å². The Hall–Kier alpha value is -7.90. The summed E-state index contributed by atoms with van der Waals surface area (Å²) in [6.45, 7) is 3.04. The number of alkyl halides is 1. The number of thioether (sulfide) groups is 2. The molecule has 2 aromatic heterocycles. The van der Waals surface area contributed by atoms with Gasteiger partial charge in [0.25, 0.3) is 11.8 Å². The molecule has 356 valence electrons. The zero-order valence-corrected chi connectivity index (χ0v) is 38.8. The van der Waals surface area contributed by atoms with Gasteiger partial charge in [-0.2, -0.15) is 4.98 Å². The van der Waals surface area contributed by atoms with Gasteiger partial charge in [-0.05, 0) is 39.3 Å². The number of halogens is 1. The number of carbonyl (C=O) groups excluding carboxylic acids is 8. The van der Waals surface area contributed by atoms with Crippen LogP contribution >= 0.6 is 35.1 Å². The second kappa shape index (κ2) is 21.8. The molecule has 69 heavy (non-hydrogen) atoms. The number of β-lactam (4-membered cyclic amide) rings is 1. The molecule has 2 atom stereocenters. The van der Waals surface area contributed by atoms with Crippen LogP contribution in [0.1, 0.15) is 54.1 Å². The number of ether oxygens (including phenoxy) is 4. The summed E-state index contributed by atoms with van der Waals surface area (Å²) in [5, 5.41) is 19.6. The molecule has 1 saturated heterocycles. The number of rotatable bonds is 17. The Morgan fingerprint density at radius 2 is 1.54 bits per heavy atom. The number of aryl methyl sites for hydroxylation is 1. The van der Waals surface area contributed by atoms with E-state index >= 15 is 0 Å². The Morgan fingerprint density at radius 3 is 2.10 bits per heavy atom. The summed E-state index contributed by atoms with van der Waals surface area (Å²) in [6.07, 6.45) is 0.00958. The predicted octanol–water partition coefficient (Wildman–Crippen LogP) is 3.49. The third-order valence-corrected chi connectivity index (χ3v) is 12.2. The molecule has 23 nitrogen and oxygen atoms in total. The molecule has 7 rings (SSSR count). The van der Waals surface area contributed by atoms with E-state index in [1.165, 1.54) is 33.1 Å². The summed E-state index contributed by atoms with van der Waals surface area (Å²) in [5.41, 5.74) is 0.142. The molecule has 0 radical (unpaired) electrons. The normalized spacial score (nSPS) is 15.4. The van der Waals surface area contributed by atoms with Crippen LogP contribution in [0.4, 0.5) is 6.01 Å². The summed E-state index contributed by atoms with van der Waals surface area (Å²) in [6, 6.07) is 18.2. The van der Waals surface area contributed by atoms with Crippen molar-refractivity contribution in [2.75, 3.05) is 22.7 Å². The van der Waals surface area contributed by atoms with Gasteiger partial charge in [-0.15, -0.1) is 28.5 Å². The molecule has 0 aliphatic carbocycles. The molecular weight excluding hydrogens is 966 g/mol. The highest BCUT2D eigenvalue weighted by atomic mass is 35.5. The van der Waals surface area contributed by atoms with E-state index in [0.717, 1.165) is 39.2 Å². The number of nitrogens with one attached hydrogen (secondary N) is 2. The molecule has 3 aromatic carbocycles. The van der Waals surface area contributed by atoms with Crippen molar-refractivity contribution in [1.29, 1.82) is 0 Å². The van der Waals surface area contributed by atoms with Crippen molar-refractivity contribution >= 4 is 94.4 Å². The number of hydrogen-bond donors (Lipinski definition) is 2. The number of benzene rings is 3. The highest BCUT2D eigenvalue weighted by Crippen LogP contribution is 2.43. The number of esters is 4. The van der Waals surface area contributed by atoms with Gasteiger partial charge in [-0.3, -0.25) is 39.0 Å². The molecule has 1 fully saturated rings. The molecule has 0 bridgehead atoms. The van der Waals surface area contributed by atoms with E-state index in [4.69, 9.17) is 39.8 Å². The zero-order chi connectivity index (χ0) is 49.4. The second-order valence-electron chi connectivity index (χ2n) is 14.4. The molecule has 2 aliphatic rings. The number of oxime groups is 1. The van der Waals surface area contributed by atoms with Crippen molar-refractivity contribution in [3.05, 3.63) is 113 Å². The number of anilines is 1. The smallest absolute Gasteiger partial charge is 0.366 e. The molecular formula is C43H36ClN9O14S2. The maximum Gasteiger partial charge on any atom is 0.366 e. The highest BCUT2D eigenvalue weighted by Gasteiger charge is 2.55. The van der Waals surface area contributed by atoms with Crippen molar-refractivity contribution in [3.8, 4) is 17.2 Å². The van der Waals surface area contributed by atoms with Gasteiger partial charge in [0.2, 0.25) is 16.8 Å². The number of amides is 3. The maximum atomic E-state index is 14.5. The lowest BCUT2D eigenvalue weighted by atomic mass is 10.0. The van der Waals surface area contributed by atoms with Gasteiger partial charge < -0.3 is 33.5 Å². The SMILES string of the molecule is CC(=O)Oc1cc(C(=O)O/N=C(\C(=O)N[C@@H]2C(=O)N3C(C(=O)OC(c4ccccc4)c4ccccc4)=C(CSc4nnnn4C)CS[C@H]23)c2coc(NC(=O)CCl)n2)cc(OC(C)=O)c1OC(C)=O. The van der Waals surface area contributed by atoms with Crippen LogP contribution < -0.4 is 24.8 Å². The van der Waals surface area contributed by atoms with Gasteiger partial charge >= 0.3 is 35.9 Å². The van der Waals surface area contributed by atoms with Crippen LogP contribution in [0.5, 0.6) is 17.2 Å². The highest BCUT2D eigenvalue weighted by molar-refractivity contribution is 8.01. The second-order valence-corrected chi connectivity index (χ2v) is 16.7. The fourth-order valence-electron chi connectivity index (χ4n) is 6.57. The topological polar surface area (TPSA) is 292 Å². The Balaban J connectivity index is 1.19. The lowest BCUT2D eigenvalue weighted by molar-refractivity contribution is -0.154. The Morgan fingerprint density at radius 1 is 0.913 bits per heavy atom. The average molecular weight is 1000 g/mol. The van der Waals surface area contributed by atoms with Crippen LogP contribution in [-0.2, 0) is 50.2 Å². The summed E-state index contributed by atoms with van der Waals surface area (Å²) >= 11 is 8.06. The standard InChI is InChI=1S/C43H36ClN9O14S2/c1-21(54)63-29-15-26(16-30(64-22(2)55)36(29)65-23(3)56)40(60)67-49-32(28-18-62-42(45-28)46-31(57)17-44)37(58)47-33-38(59)53-34(27(19-68-39(33)53)20-69-43-48-50-51-52(43)4)41(61)66-35(24-11-7-5-8-12-24)25-13-9-6-10-14-25/h5-16,18,33,35,39H,17,19-20H2,1-4H3,(H,47,58)(H,45,46,57)/b49-32-/t33-,39-/m1/s1. The summed E-state index contributed by atoms with van der Waals surface area (Å²) in [4.78, 5) is 115. The number of aromatic nitrogens is 5. The van der Waals surface area contributed by atoms with Crippen LogP contribution in [0.15, 0.2) is 105 Å². The molecule has 4 heterocycles. The van der Waals surface area contributed by atoms with Gasteiger partial charge in [0, 0.05) is 39.3 Å². The fraction of sp³-hybridized carbons (Fsp3) is 0.233. The monoisotopic (exact) mass is 1000 g/mol. The van der Waals surface area contributed by atoms with Gasteiger partial charge in [-0.1, -0.05) is 77.6 Å². The minimum absolute atomic E-state index is 0.0475. The van der Waals surface area contributed by atoms with E-state index in [1.807, 2.05) is 12.1 Å². The van der Waals surface area contributed by atoms with Gasteiger partial charge in [0.15, 0.2) is 23.3 Å². The summed E-state index contributed by atoms with van der Waals surface area (Å²) in [5.74, 6) is -9.19. The first kappa shape index (κ1) is 49.0. The largest absolute Gasteiger partial charge is 0.448 e. The van der Waals surface area contributed by atoms with Gasteiger partial charge in [0.1, 0.15) is 34.9 Å². The van der Waals surface area contributed by atoms with Crippen molar-refractivity contribution in [1.82, 2.24) is 35.4 Å². The van der Waals surface area contributed by atoms with Crippen LogP contribution in [0.2, 0.25) is 0 Å². The first-order chi connectivity index (χ1) is 33.1. The maximum absolute atomic E-state index is 14.5. The molecule has 2 aliphatic heterocycles. The molecule has 0 spiro atoms. The summed E-state index contributed by atoms with van der Waals surface area (Å²) in [7, 11) is 1.65. The van der Waals surface area contributed by atoms with Crippen LogP contribution in [0.25, 0.3) is 0 Å². The number of nitrogens with zero attached hydrogens (tertiary/aromatic N) is 7. The molecule has 2 N–H and O–H groups in total. The van der Waals surface area contributed by atoms with E-state index in [2.05, 4.69) is 36.3 Å². The van der Waals surface area contributed by atoms with Crippen LogP contribution in [0, 0.1) is 0 Å². The number of fused-ring (bicyclic) bond motifs is 1. The first-order valence-corrected chi connectivity index (χ1v) is 22.7. The Labute approximate surface area is 403 Å². The molecule has 5 aromatic rings. The Kier molecular flexibility index (Phi) is 15.5. The molecule has 0 saturated carbocycles. The number of carbonyl (C=O) groups is 8. The molecule has 3 amide bonds. The minimum Gasteiger partial charge on any atom is -0.448 e. The van der Waals surface area contributed by atoms with Gasteiger partial charge in [0.05, 0.1) is 5.56 Å². The molecule has 26 heteroatoms. The van der Waals surface area contributed by atoms with Crippen molar-refractivity contribution in [2.45, 2.75) is 43.4 Å². The average Bonchev–Trinajstić information content (AvgIpc) is 3.97. The van der Waals surface area contributed by atoms with E-state index in [0.29, 0.717) is 21.9 Å². The number of hydrogen-bond acceptors (Lipinski definition) is 21.